The summed E-state index contributed by atoms with van der Waals surface area (Å²) in [6.45, 7) is 6.38. The third-order valence-corrected chi connectivity index (χ3v) is 6.61. The van der Waals surface area contributed by atoms with Gasteiger partial charge >= 0.3 is 0 Å². The van der Waals surface area contributed by atoms with Gasteiger partial charge in [0.05, 0.1) is 6.61 Å². The summed E-state index contributed by atoms with van der Waals surface area (Å²) in [4.78, 5) is 2.19. The molecule has 0 bridgehead atoms. The quantitative estimate of drug-likeness (QED) is 0.844. The van der Waals surface area contributed by atoms with Gasteiger partial charge in [0.2, 0.25) is 10.0 Å². The van der Waals surface area contributed by atoms with E-state index in [0.29, 0.717) is 18.8 Å². The van der Waals surface area contributed by atoms with Crippen LogP contribution in [-0.2, 0) is 10.0 Å². The SMILES string of the molecule is C/C=C/c1ccc2c(c1)O[C@H](CN(C)C)[C@@H](C)CN([C@@H](C)CO)S2(=O)=O. The minimum absolute atomic E-state index is 0.0281. The smallest absolute Gasteiger partial charge is 0.247 e. The fourth-order valence-electron chi connectivity index (χ4n) is 3.12. The molecule has 146 valence electrons. The molecule has 7 heteroatoms. The number of ether oxygens (including phenoxy) is 1. The van der Waals surface area contributed by atoms with Crippen molar-refractivity contribution < 1.29 is 18.3 Å². The molecule has 1 aromatic rings. The Labute approximate surface area is 157 Å². The first-order valence-corrected chi connectivity index (χ1v) is 10.4. The molecule has 3 atom stereocenters. The molecule has 0 unspecified atom stereocenters. The summed E-state index contributed by atoms with van der Waals surface area (Å²) in [5.74, 6) is 0.342. The van der Waals surface area contributed by atoms with Gasteiger partial charge in [-0.15, -0.1) is 0 Å². The Morgan fingerprint density at radius 1 is 1.42 bits per heavy atom. The van der Waals surface area contributed by atoms with E-state index in [4.69, 9.17) is 4.74 Å². The monoisotopic (exact) mass is 382 g/mol. The zero-order valence-corrected chi connectivity index (χ0v) is 17.0. The molecule has 0 fully saturated rings. The van der Waals surface area contributed by atoms with Gasteiger partial charge in [0.25, 0.3) is 0 Å². The molecule has 0 radical (unpaired) electrons. The maximum absolute atomic E-state index is 13.2. The van der Waals surface area contributed by atoms with Crippen molar-refractivity contribution in [1.82, 2.24) is 9.21 Å². The van der Waals surface area contributed by atoms with Crippen molar-refractivity contribution in [3.05, 3.63) is 29.8 Å². The van der Waals surface area contributed by atoms with Crippen molar-refractivity contribution in [3.63, 3.8) is 0 Å². The molecular weight excluding hydrogens is 352 g/mol. The molecule has 1 heterocycles. The number of likely N-dealkylation sites (N-methyl/N-ethyl adjacent to an activating group) is 1. The van der Waals surface area contributed by atoms with Crippen LogP contribution in [0.25, 0.3) is 6.08 Å². The minimum Gasteiger partial charge on any atom is -0.487 e. The third kappa shape index (κ3) is 4.46. The molecule has 6 nitrogen and oxygen atoms in total. The Hall–Kier alpha value is -1.41. The molecule has 0 aromatic heterocycles. The minimum atomic E-state index is -3.76. The van der Waals surface area contributed by atoms with Crippen LogP contribution < -0.4 is 4.74 Å². The van der Waals surface area contributed by atoms with Crippen LogP contribution in [0.4, 0.5) is 0 Å². The predicted molar refractivity (Wildman–Crippen MR) is 104 cm³/mol. The fourth-order valence-corrected chi connectivity index (χ4v) is 4.94. The third-order valence-electron chi connectivity index (χ3n) is 4.60. The second-order valence-corrected chi connectivity index (χ2v) is 9.07. The number of benzene rings is 1. The maximum atomic E-state index is 13.2. The first-order chi connectivity index (χ1) is 12.2. The number of hydrogen-bond acceptors (Lipinski definition) is 5. The van der Waals surface area contributed by atoms with Crippen LogP contribution >= 0.6 is 0 Å². The molecule has 0 aliphatic carbocycles. The number of fused-ring (bicyclic) bond motifs is 1. The highest BCUT2D eigenvalue weighted by molar-refractivity contribution is 7.89. The first-order valence-electron chi connectivity index (χ1n) is 8.91. The van der Waals surface area contributed by atoms with Gasteiger partial charge in [-0.1, -0.05) is 25.1 Å². The van der Waals surface area contributed by atoms with Gasteiger partial charge in [-0.25, -0.2) is 8.42 Å². The molecule has 0 saturated carbocycles. The van der Waals surface area contributed by atoms with E-state index in [0.717, 1.165) is 5.56 Å². The number of aliphatic hydroxyl groups is 1. The maximum Gasteiger partial charge on any atom is 0.247 e. The Morgan fingerprint density at radius 3 is 2.69 bits per heavy atom. The molecule has 1 N–H and O–H groups in total. The van der Waals surface area contributed by atoms with E-state index in [1.165, 1.54) is 4.31 Å². The van der Waals surface area contributed by atoms with Gasteiger partial charge in [0.1, 0.15) is 16.7 Å². The highest BCUT2D eigenvalue weighted by Gasteiger charge is 2.37. The lowest BCUT2D eigenvalue weighted by molar-refractivity contribution is 0.0812. The van der Waals surface area contributed by atoms with E-state index < -0.39 is 16.1 Å². The van der Waals surface area contributed by atoms with Crippen molar-refractivity contribution in [1.29, 1.82) is 0 Å². The molecule has 0 saturated heterocycles. The average molecular weight is 383 g/mol. The summed E-state index contributed by atoms with van der Waals surface area (Å²) in [5, 5.41) is 9.59. The lowest BCUT2D eigenvalue weighted by atomic mass is 10.0. The largest absolute Gasteiger partial charge is 0.487 e. The molecular formula is C19H30N2O4S. The Balaban J connectivity index is 2.61. The summed E-state index contributed by atoms with van der Waals surface area (Å²) in [5.41, 5.74) is 0.889. The number of nitrogens with zero attached hydrogens (tertiary/aromatic N) is 2. The molecule has 0 amide bonds. The topological polar surface area (TPSA) is 70.1 Å². The second kappa shape index (κ2) is 8.52. The van der Waals surface area contributed by atoms with Crippen LogP contribution in [0.15, 0.2) is 29.2 Å². The van der Waals surface area contributed by atoms with Crippen molar-refractivity contribution in [2.45, 2.75) is 37.8 Å². The lowest BCUT2D eigenvalue weighted by Crippen LogP contribution is -2.49. The number of aliphatic hydroxyl groups excluding tert-OH is 1. The molecule has 2 rings (SSSR count). The second-order valence-electron chi connectivity index (χ2n) is 7.21. The van der Waals surface area contributed by atoms with Crippen LogP contribution in [-0.4, -0.2) is 68.7 Å². The van der Waals surface area contributed by atoms with Gasteiger partial charge < -0.3 is 14.7 Å². The standard InChI is InChI=1S/C19H30N2O4S/c1-6-7-16-8-9-19-17(10-16)25-18(12-20(4)5)14(2)11-21(15(3)13-22)26(19,23)24/h6-10,14-15,18,22H,11-13H2,1-5H3/b7-6+/t14-,15-,18+/m0/s1. The molecule has 26 heavy (non-hydrogen) atoms. The van der Waals surface area contributed by atoms with E-state index in [1.54, 1.807) is 25.1 Å². The summed E-state index contributed by atoms with van der Waals surface area (Å²) in [6.07, 6.45) is 3.65. The van der Waals surface area contributed by atoms with Crippen LogP contribution in [0.2, 0.25) is 0 Å². The summed E-state index contributed by atoms with van der Waals surface area (Å²) >= 11 is 0. The highest BCUT2D eigenvalue weighted by Crippen LogP contribution is 2.34. The highest BCUT2D eigenvalue weighted by atomic mass is 32.2. The average Bonchev–Trinajstić information content (AvgIpc) is 2.57. The van der Waals surface area contributed by atoms with Crippen LogP contribution in [0.5, 0.6) is 5.75 Å². The van der Waals surface area contributed by atoms with Crippen LogP contribution in [0.1, 0.15) is 26.3 Å². The number of hydrogen-bond donors (Lipinski definition) is 1. The van der Waals surface area contributed by atoms with Gasteiger partial charge in [-0.05, 0) is 45.6 Å². The fraction of sp³-hybridized carbons (Fsp3) is 0.579. The first kappa shape index (κ1) is 20.9. The molecule has 0 spiro atoms. The Morgan fingerprint density at radius 2 is 2.12 bits per heavy atom. The van der Waals surface area contributed by atoms with E-state index >= 15 is 0 Å². The van der Waals surface area contributed by atoms with E-state index in [9.17, 15) is 13.5 Å². The Bertz CT molecular complexity index is 746. The lowest BCUT2D eigenvalue weighted by Gasteiger charge is -2.37. The summed E-state index contributed by atoms with van der Waals surface area (Å²) in [6, 6.07) is 4.64. The van der Waals surface area contributed by atoms with Gasteiger partial charge in [-0.2, -0.15) is 4.31 Å². The van der Waals surface area contributed by atoms with Crippen molar-refractivity contribution >= 4 is 16.1 Å². The van der Waals surface area contributed by atoms with Crippen molar-refractivity contribution in [2.75, 3.05) is 33.8 Å². The summed E-state index contributed by atoms with van der Waals surface area (Å²) in [7, 11) is 0.178. The van der Waals surface area contributed by atoms with Gasteiger partial charge in [0, 0.05) is 25.0 Å². The zero-order chi connectivity index (χ0) is 19.5. The van der Waals surface area contributed by atoms with Crippen molar-refractivity contribution in [3.8, 4) is 5.75 Å². The van der Waals surface area contributed by atoms with Gasteiger partial charge in [-0.3, -0.25) is 0 Å². The summed E-state index contributed by atoms with van der Waals surface area (Å²) < 4.78 is 34.1. The predicted octanol–water partition coefficient (Wildman–Crippen LogP) is 2.05. The van der Waals surface area contributed by atoms with E-state index in [-0.39, 0.29) is 23.5 Å². The molecule has 1 aromatic carbocycles. The van der Waals surface area contributed by atoms with Crippen LogP contribution in [0, 0.1) is 5.92 Å². The van der Waals surface area contributed by atoms with E-state index in [1.807, 2.05) is 45.0 Å². The Kier molecular flexibility index (Phi) is 6.85. The van der Waals surface area contributed by atoms with Crippen molar-refractivity contribution in [2.24, 2.45) is 5.92 Å². The normalized spacial score (nSPS) is 24.7. The molecule has 1 aliphatic rings. The zero-order valence-electron chi connectivity index (χ0n) is 16.2. The number of sulfonamides is 1. The van der Waals surface area contributed by atoms with Gasteiger partial charge in [0.15, 0.2) is 0 Å². The van der Waals surface area contributed by atoms with E-state index in [2.05, 4.69) is 0 Å². The number of rotatable bonds is 5. The number of allylic oxidation sites excluding steroid dienone is 1. The molecule has 1 aliphatic heterocycles. The van der Waals surface area contributed by atoms with Crippen LogP contribution in [0.3, 0.4) is 0 Å².